The van der Waals surface area contributed by atoms with Crippen molar-refractivity contribution in [2.45, 2.75) is 31.2 Å². The topological polar surface area (TPSA) is 79.8 Å². The van der Waals surface area contributed by atoms with Crippen LogP contribution in [0.25, 0.3) is 0 Å². The molecule has 0 aromatic heterocycles. The summed E-state index contributed by atoms with van der Waals surface area (Å²) in [4.78, 5) is 4.94. The molecular weight excluding hydrogens is 386 g/mol. The van der Waals surface area contributed by atoms with Crippen molar-refractivity contribution in [2.24, 2.45) is 10.9 Å². The van der Waals surface area contributed by atoms with Crippen LogP contribution >= 0.6 is 0 Å². The first-order valence-electron chi connectivity index (χ1n) is 10.1. The van der Waals surface area contributed by atoms with Gasteiger partial charge in [0.05, 0.1) is 23.8 Å². The van der Waals surface area contributed by atoms with Crippen LogP contribution in [0.2, 0.25) is 0 Å². The molecule has 29 heavy (non-hydrogen) atoms. The molecule has 6 nitrogen and oxygen atoms in total. The zero-order valence-corrected chi connectivity index (χ0v) is 17.6. The quantitative estimate of drug-likeness (QED) is 0.461. The third kappa shape index (κ3) is 6.78. The number of sulfone groups is 1. The summed E-state index contributed by atoms with van der Waals surface area (Å²) >= 11 is 0. The highest BCUT2D eigenvalue weighted by Crippen LogP contribution is 2.30. The maximum absolute atomic E-state index is 12.4. The van der Waals surface area contributed by atoms with Crippen LogP contribution < -0.4 is 15.4 Å². The van der Waals surface area contributed by atoms with Crippen LogP contribution in [0.15, 0.2) is 64.5 Å². The van der Waals surface area contributed by atoms with Crippen LogP contribution in [-0.4, -0.2) is 39.8 Å². The van der Waals surface area contributed by atoms with E-state index in [1.54, 1.807) is 30.3 Å². The SMILES string of the molecule is CCNC(=NCc1ccccc1OCC1CC1)NCCS(=O)(=O)c1ccccc1. The van der Waals surface area contributed by atoms with Gasteiger partial charge in [-0.1, -0.05) is 36.4 Å². The minimum atomic E-state index is -3.32. The Kier molecular flexibility index (Phi) is 7.52. The highest BCUT2D eigenvalue weighted by Gasteiger charge is 2.22. The molecule has 1 aliphatic rings. The van der Waals surface area contributed by atoms with Gasteiger partial charge in [0.15, 0.2) is 15.8 Å². The Morgan fingerprint density at radius 1 is 1.07 bits per heavy atom. The van der Waals surface area contributed by atoms with Gasteiger partial charge in [-0.05, 0) is 43.9 Å². The highest BCUT2D eigenvalue weighted by molar-refractivity contribution is 7.91. The fourth-order valence-electron chi connectivity index (χ4n) is 2.82. The number of aliphatic imine (C=N–C) groups is 1. The van der Waals surface area contributed by atoms with Gasteiger partial charge in [-0.2, -0.15) is 0 Å². The summed E-state index contributed by atoms with van der Waals surface area (Å²) in [6, 6.07) is 16.4. The van der Waals surface area contributed by atoms with E-state index >= 15 is 0 Å². The zero-order valence-electron chi connectivity index (χ0n) is 16.8. The molecule has 0 amide bonds. The molecule has 156 valence electrons. The molecule has 0 unspecified atom stereocenters. The predicted molar refractivity (Wildman–Crippen MR) is 116 cm³/mol. The van der Waals surface area contributed by atoms with Crippen LogP contribution in [0.1, 0.15) is 25.3 Å². The molecule has 2 N–H and O–H groups in total. The van der Waals surface area contributed by atoms with Crippen LogP contribution in [0.4, 0.5) is 0 Å². The molecule has 2 aromatic carbocycles. The fraction of sp³-hybridized carbons (Fsp3) is 0.409. The van der Waals surface area contributed by atoms with Crippen molar-refractivity contribution in [3.63, 3.8) is 0 Å². The molecule has 0 aliphatic heterocycles. The molecule has 0 bridgehead atoms. The lowest BCUT2D eigenvalue weighted by Gasteiger charge is -2.13. The maximum atomic E-state index is 12.4. The summed E-state index contributed by atoms with van der Waals surface area (Å²) in [6.07, 6.45) is 2.50. The van der Waals surface area contributed by atoms with Crippen molar-refractivity contribution < 1.29 is 13.2 Å². The maximum Gasteiger partial charge on any atom is 0.191 e. The Labute approximate surface area is 173 Å². The first kappa shape index (κ1) is 21.2. The average Bonchev–Trinajstić information content (AvgIpc) is 3.56. The summed E-state index contributed by atoms with van der Waals surface area (Å²) in [7, 11) is -3.32. The van der Waals surface area contributed by atoms with E-state index in [1.165, 1.54) is 12.8 Å². The van der Waals surface area contributed by atoms with Gasteiger partial charge in [0, 0.05) is 18.7 Å². The Bertz CT molecular complexity index is 910. The Morgan fingerprint density at radius 2 is 1.79 bits per heavy atom. The van der Waals surface area contributed by atoms with Crippen molar-refractivity contribution in [3.8, 4) is 5.75 Å². The van der Waals surface area contributed by atoms with Crippen molar-refractivity contribution in [1.82, 2.24) is 10.6 Å². The third-order valence-electron chi connectivity index (χ3n) is 4.66. The lowest BCUT2D eigenvalue weighted by Crippen LogP contribution is -2.39. The van der Waals surface area contributed by atoms with Crippen LogP contribution in [-0.2, 0) is 16.4 Å². The van der Waals surface area contributed by atoms with E-state index in [2.05, 4.69) is 15.6 Å². The first-order chi connectivity index (χ1) is 14.1. The minimum absolute atomic E-state index is 0.00249. The summed E-state index contributed by atoms with van der Waals surface area (Å²) in [5.74, 6) is 2.15. The summed E-state index contributed by atoms with van der Waals surface area (Å²) < 4.78 is 30.8. The van der Waals surface area contributed by atoms with Gasteiger partial charge < -0.3 is 15.4 Å². The molecule has 0 saturated heterocycles. The Balaban J connectivity index is 1.57. The number of ether oxygens (including phenoxy) is 1. The van der Waals surface area contributed by atoms with Crippen molar-refractivity contribution >= 4 is 15.8 Å². The number of para-hydroxylation sites is 1. The first-order valence-corrected chi connectivity index (χ1v) is 11.7. The second-order valence-corrected chi connectivity index (χ2v) is 9.23. The van der Waals surface area contributed by atoms with E-state index in [-0.39, 0.29) is 12.3 Å². The molecule has 0 heterocycles. The Morgan fingerprint density at radius 3 is 2.52 bits per heavy atom. The fourth-order valence-corrected chi connectivity index (χ4v) is 4.00. The lowest BCUT2D eigenvalue weighted by molar-refractivity contribution is 0.297. The van der Waals surface area contributed by atoms with Gasteiger partial charge in [-0.3, -0.25) is 0 Å². The summed E-state index contributed by atoms with van der Waals surface area (Å²) in [5.41, 5.74) is 1.02. The number of hydrogen-bond acceptors (Lipinski definition) is 4. The minimum Gasteiger partial charge on any atom is -0.493 e. The van der Waals surface area contributed by atoms with E-state index in [0.717, 1.165) is 17.9 Å². The molecule has 0 radical (unpaired) electrons. The molecule has 1 aliphatic carbocycles. The molecule has 7 heteroatoms. The molecule has 3 rings (SSSR count). The van der Waals surface area contributed by atoms with Crippen molar-refractivity contribution in [3.05, 3.63) is 60.2 Å². The number of hydrogen-bond donors (Lipinski definition) is 2. The largest absolute Gasteiger partial charge is 0.493 e. The van der Waals surface area contributed by atoms with Gasteiger partial charge in [-0.15, -0.1) is 0 Å². The normalized spacial score (nSPS) is 14.4. The molecule has 1 saturated carbocycles. The third-order valence-corrected chi connectivity index (χ3v) is 6.39. The smallest absolute Gasteiger partial charge is 0.191 e. The Hall–Kier alpha value is -2.54. The van der Waals surface area contributed by atoms with Gasteiger partial charge in [0.25, 0.3) is 0 Å². The molecule has 2 aromatic rings. The van der Waals surface area contributed by atoms with E-state index < -0.39 is 9.84 Å². The van der Waals surface area contributed by atoms with Crippen LogP contribution in [0.5, 0.6) is 5.75 Å². The zero-order chi connectivity index (χ0) is 20.5. The van der Waals surface area contributed by atoms with E-state index in [4.69, 9.17) is 4.74 Å². The number of rotatable bonds is 10. The van der Waals surface area contributed by atoms with Gasteiger partial charge >= 0.3 is 0 Å². The lowest BCUT2D eigenvalue weighted by atomic mass is 10.2. The predicted octanol–water partition coefficient (Wildman–Crippen LogP) is 3.00. The average molecular weight is 416 g/mol. The van der Waals surface area contributed by atoms with Gasteiger partial charge in [-0.25, -0.2) is 13.4 Å². The molecular formula is C22H29N3O3S. The number of benzene rings is 2. The molecule has 1 fully saturated rings. The van der Waals surface area contributed by atoms with Crippen LogP contribution in [0, 0.1) is 5.92 Å². The second kappa shape index (κ2) is 10.3. The summed E-state index contributed by atoms with van der Waals surface area (Å²) in [5, 5.41) is 6.28. The highest BCUT2D eigenvalue weighted by atomic mass is 32.2. The van der Waals surface area contributed by atoms with E-state index in [0.29, 0.717) is 29.9 Å². The van der Waals surface area contributed by atoms with Crippen LogP contribution in [0.3, 0.4) is 0 Å². The monoisotopic (exact) mass is 415 g/mol. The van der Waals surface area contributed by atoms with Gasteiger partial charge in [0.1, 0.15) is 5.75 Å². The standard InChI is InChI=1S/C22H29N3O3S/c1-2-23-22(24-14-15-29(26,27)20-9-4-3-5-10-20)25-16-19-8-6-7-11-21(19)28-17-18-12-13-18/h3-11,18H,2,12-17H2,1H3,(H2,23,24,25). The van der Waals surface area contributed by atoms with E-state index in [1.807, 2.05) is 31.2 Å². The number of nitrogens with zero attached hydrogens (tertiary/aromatic N) is 1. The van der Waals surface area contributed by atoms with E-state index in [9.17, 15) is 8.42 Å². The van der Waals surface area contributed by atoms with Crippen molar-refractivity contribution in [2.75, 3.05) is 25.4 Å². The van der Waals surface area contributed by atoms with Crippen molar-refractivity contribution in [1.29, 1.82) is 0 Å². The molecule has 0 atom stereocenters. The number of nitrogens with one attached hydrogen (secondary N) is 2. The number of guanidine groups is 1. The van der Waals surface area contributed by atoms with Gasteiger partial charge in [0.2, 0.25) is 0 Å². The molecule has 0 spiro atoms. The summed E-state index contributed by atoms with van der Waals surface area (Å²) in [6.45, 7) is 4.17. The second-order valence-electron chi connectivity index (χ2n) is 7.12.